The maximum absolute atomic E-state index is 10.5. The van der Waals surface area contributed by atoms with Crippen molar-refractivity contribution < 1.29 is 27.2 Å². The fraction of sp³-hybridized carbons (Fsp3) is 1.00. The molecule has 0 saturated heterocycles. The van der Waals surface area contributed by atoms with Crippen molar-refractivity contribution in [1.82, 2.24) is 0 Å². The second-order valence-corrected chi connectivity index (χ2v) is 5.18. The zero-order valence-corrected chi connectivity index (χ0v) is 10.1. The molecule has 0 aromatic carbocycles. The lowest BCUT2D eigenvalue weighted by Crippen LogP contribution is -1.82. The van der Waals surface area contributed by atoms with E-state index in [1.165, 1.54) is 35.1 Å². The minimum atomic E-state index is -2.65. The molecule has 0 fully saturated rings. The van der Waals surface area contributed by atoms with Crippen molar-refractivity contribution in [2.45, 2.75) is 0 Å². The van der Waals surface area contributed by atoms with Crippen LogP contribution in [0.15, 0.2) is 0 Å². The first kappa shape index (κ1) is 15.6. The molecular weight excluding hydrogens is 218 g/mol. The summed E-state index contributed by atoms with van der Waals surface area (Å²) in [6.45, 7) is 1.41. The van der Waals surface area contributed by atoms with Crippen LogP contribution in [0, 0.1) is 0 Å². The standard InChI is InChI=1S/C3H9O3P.C2H6O3P/c1-5-7(3,4)6-2;1-4-6(3)5-2/h1-3H3;1-2H3/q;+1. The molecule has 0 aromatic rings. The molecule has 0 unspecified atom stereocenters. The molecule has 0 radical (unpaired) electrons. The van der Waals surface area contributed by atoms with Gasteiger partial charge in [-0.15, -0.1) is 9.05 Å². The van der Waals surface area contributed by atoms with Crippen LogP contribution in [0.3, 0.4) is 0 Å². The van der Waals surface area contributed by atoms with E-state index in [9.17, 15) is 9.13 Å². The summed E-state index contributed by atoms with van der Waals surface area (Å²) < 4.78 is 37.6. The molecule has 0 aliphatic heterocycles. The smallest absolute Gasteiger partial charge is 0.312 e. The quantitative estimate of drug-likeness (QED) is 0.692. The van der Waals surface area contributed by atoms with Crippen molar-refractivity contribution in [2.24, 2.45) is 0 Å². The van der Waals surface area contributed by atoms with E-state index in [0.717, 1.165) is 0 Å². The lowest BCUT2D eigenvalue weighted by atomic mass is 11.8. The predicted octanol–water partition coefficient (Wildman–Crippen LogP) is 2.04. The Kier molecular flexibility index (Phi) is 10.5. The summed E-state index contributed by atoms with van der Waals surface area (Å²) in [6, 6.07) is 0. The predicted molar refractivity (Wildman–Crippen MR) is 49.2 cm³/mol. The van der Waals surface area contributed by atoms with E-state index in [-0.39, 0.29) is 0 Å². The van der Waals surface area contributed by atoms with Crippen LogP contribution in [0.25, 0.3) is 0 Å². The first-order valence-corrected chi connectivity index (χ1v) is 6.26. The number of rotatable bonds is 4. The summed E-state index contributed by atoms with van der Waals surface area (Å²) >= 11 is 0. The molecule has 0 atom stereocenters. The van der Waals surface area contributed by atoms with Gasteiger partial charge in [-0.3, -0.25) is 4.57 Å². The van der Waals surface area contributed by atoms with Gasteiger partial charge in [0.25, 0.3) is 0 Å². The van der Waals surface area contributed by atoms with Gasteiger partial charge in [-0.05, 0) is 0 Å². The van der Waals surface area contributed by atoms with Gasteiger partial charge < -0.3 is 9.05 Å². The van der Waals surface area contributed by atoms with Crippen molar-refractivity contribution >= 4 is 15.9 Å². The summed E-state index contributed by atoms with van der Waals surface area (Å²) in [6.07, 6.45) is 0. The molecule has 0 aliphatic rings. The second kappa shape index (κ2) is 8.75. The molecule has 8 heteroatoms. The van der Waals surface area contributed by atoms with E-state index in [1.807, 2.05) is 0 Å². The highest BCUT2D eigenvalue weighted by atomic mass is 31.2. The third-order valence-electron chi connectivity index (χ3n) is 0.961. The monoisotopic (exact) mass is 233 g/mol. The third-order valence-corrected chi connectivity index (χ3v) is 2.88. The van der Waals surface area contributed by atoms with Gasteiger partial charge in [-0.25, -0.2) is 0 Å². The summed E-state index contributed by atoms with van der Waals surface area (Å²) in [4.78, 5) is 0. The summed E-state index contributed by atoms with van der Waals surface area (Å²) in [5.74, 6) is 0. The fourth-order valence-corrected chi connectivity index (χ4v) is 0.447. The van der Waals surface area contributed by atoms with Crippen molar-refractivity contribution in [2.75, 3.05) is 35.1 Å². The van der Waals surface area contributed by atoms with Crippen LogP contribution in [-0.4, -0.2) is 35.1 Å². The van der Waals surface area contributed by atoms with Crippen LogP contribution < -0.4 is 0 Å². The highest BCUT2D eigenvalue weighted by molar-refractivity contribution is 7.52. The Morgan fingerprint density at radius 2 is 1.31 bits per heavy atom. The van der Waals surface area contributed by atoms with E-state index in [2.05, 4.69) is 18.1 Å². The largest absolute Gasteiger partial charge is 0.696 e. The lowest BCUT2D eigenvalue weighted by molar-refractivity contribution is 0.282. The van der Waals surface area contributed by atoms with E-state index in [1.54, 1.807) is 0 Å². The average Bonchev–Trinajstić information content (AvgIpc) is 2.17. The van der Waals surface area contributed by atoms with Gasteiger partial charge in [0, 0.05) is 25.4 Å². The Hall–Kier alpha value is 0.170. The molecule has 0 saturated carbocycles. The molecule has 0 bridgehead atoms. The minimum Gasteiger partial charge on any atom is -0.312 e. The molecule has 0 aliphatic carbocycles. The normalized spacial score (nSPS) is 10.2. The topological polar surface area (TPSA) is 71.1 Å². The van der Waals surface area contributed by atoms with Gasteiger partial charge >= 0.3 is 15.9 Å². The molecular formula is C5H15O6P2+. The maximum Gasteiger partial charge on any atom is 0.696 e. The van der Waals surface area contributed by atoms with Crippen molar-refractivity contribution in [3.8, 4) is 0 Å². The molecule has 0 aromatic heterocycles. The van der Waals surface area contributed by atoms with E-state index >= 15 is 0 Å². The zero-order chi connectivity index (χ0) is 10.9. The maximum atomic E-state index is 10.5. The molecule has 0 heterocycles. The highest BCUT2D eigenvalue weighted by Crippen LogP contribution is 2.40. The van der Waals surface area contributed by atoms with Crippen LogP contribution in [0.1, 0.15) is 0 Å². The van der Waals surface area contributed by atoms with Gasteiger partial charge in [-0.1, -0.05) is 0 Å². The van der Waals surface area contributed by atoms with Crippen molar-refractivity contribution in [3.63, 3.8) is 0 Å². The van der Waals surface area contributed by atoms with Gasteiger partial charge in [0.2, 0.25) is 0 Å². The first-order chi connectivity index (χ1) is 5.93. The molecule has 6 nitrogen and oxygen atoms in total. The molecule has 0 amide bonds. The Morgan fingerprint density at radius 1 is 1.00 bits per heavy atom. The highest BCUT2D eigenvalue weighted by Gasteiger charge is 2.10. The Bertz CT molecular complexity index is 168. The lowest BCUT2D eigenvalue weighted by Gasteiger charge is -2.04. The van der Waals surface area contributed by atoms with Gasteiger partial charge in [0.15, 0.2) is 0 Å². The Labute approximate surface area is 79.0 Å². The number of hydrogen-bond acceptors (Lipinski definition) is 6. The summed E-state index contributed by atoms with van der Waals surface area (Å²) in [7, 11) is 0.866. The van der Waals surface area contributed by atoms with Crippen LogP contribution in [-0.2, 0) is 27.2 Å². The van der Waals surface area contributed by atoms with Crippen LogP contribution >= 0.6 is 15.9 Å². The zero-order valence-electron chi connectivity index (χ0n) is 8.34. The summed E-state index contributed by atoms with van der Waals surface area (Å²) in [5, 5.41) is 0. The van der Waals surface area contributed by atoms with Crippen LogP contribution in [0.4, 0.5) is 0 Å². The summed E-state index contributed by atoms with van der Waals surface area (Å²) in [5.41, 5.74) is 0. The molecule has 0 N–H and O–H groups in total. The van der Waals surface area contributed by atoms with Gasteiger partial charge in [0.05, 0.1) is 14.2 Å². The van der Waals surface area contributed by atoms with Crippen molar-refractivity contribution in [3.05, 3.63) is 0 Å². The van der Waals surface area contributed by atoms with Crippen LogP contribution in [0.2, 0.25) is 0 Å². The molecule has 0 rings (SSSR count). The minimum absolute atomic E-state index is 1.32. The Balaban J connectivity index is 0. The van der Waals surface area contributed by atoms with Gasteiger partial charge in [-0.2, -0.15) is 0 Å². The van der Waals surface area contributed by atoms with E-state index < -0.39 is 15.9 Å². The third kappa shape index (κ3) is 12.2. The second-order valence-electron chi connectivity index (χ2n) is 1.73. The van der Waals surface area contributed by atoms with Crippen molar-refractivity contribution in [1.29, 1.82) is 0 Å². The Morgan fingerprint density at radius 3 is 1.31 bits per heavy atom. The molecule has 80 valence electrons. The van der Waals surface area contributed by atoms with E-state index in [4.69, 9.17) is 0 Å². The average molecular weight is 233 g/mol. The van der Waals surface area contributed by atoms with Gasteiger partial charge in [0.1, 0.15) is 0 Å². The molecule has 0 spiro atoms. The first-order valence-electron chi connectivity index (χ1n) is 3.18. The van der Waals surface area contributed by atoms with E-state index in [0.29, 0.717) is 0 Å². The number of hydrogen-bond donors (Lipinski definition) is 0. The van der Waals surface area contributed by atoms with Crippen LogP contribution in [0.5, 0.6) is 0 Å². The molecule has 13 heavy (non-hydrogen) atoms. The fourth-order valence-electron chi connectivity index (χ4n) is 0.149. The SMILES string of the molecule is COP(C)(=O)OC.CO[P+](=O)OC.